The van der Waals surface area contributed by atoms with Crippen LogP contribution in [-0.4, -0.2) is 13.3 Å². The van der Waals surface area contributed by atoms with E-state index in [9.17, 15) is 0 Å². The molecule has 0 aliphatic rings. The number of benzene rings is 4. The van der Waals surface area contributed by atoms with Crippen molar-refractivity contribution in [1.29, 1.82) is 0 Å². The molecule has 0 spiro atoms. The van der Waals surface area contributed by atoms with E-state index in [4.69, 9.17) is 20.6 Å². The van der Waals surface area contributed by atoms with Crippen molar-refractivity contribution in [2.45, 2.75) is 0 Å². The van der Waals surface area contributed by atoms with Crippen LogP contribution in [0.4, 0.5) is 0 Å². The minimum absolute atomic E-state index is 0.106. The molecule has 0 aliphatic heterocycles. The Labute approximate surface area is 187 Å². The second kappa shape index (κ2) is 7.65. The van der Waals surface area contributed by atoms with Crippen molar-refractivity contribution in [1.82, 2.24) is 0 Å². The molecule has 0 fully saturated rings. The first-order valence-electron chi connectivity index (χ1n) is 15.0. The Kier molecular flexibility index (Phi) is 2.10. The summed E-state index contributed by atoms with van der Waals surface area (Å²) in [6.45, 7) is 0. The standard InChI is InChI=1S/C24H19BrGe/c25-20-11-10-18-24(19-20)26(21-12-4-1-5-13-21,22-14-6-2-7-15-22)23-16-8-3-9-17-23/h1-19H/i1D,2D,3D,4D,5D,6D,7D,8D,9D,12D,13D,14D,15D,16D,17D. The van der Waals surface area contributed by atoms with Gasteiger partial charge in [-0.25, -0.2) is 0 Å². The second-order valence-corrected chi connectivity index (χ2v) is 13.7. The zero-order valence-electron chi connectivity index (χ0n) is 28.2. The van der Waals surface area contributed by atoms with E-state index in [2.05, 4.69) is 15.9 Å². The van der Waals surface area contributed by atoms with Crippen LogP contribution in [0.5, 0.6) is 0 Å². The summed E-state index contributed by atoms with van der Waals surface area (Å²) in [5.41, 5.74) is 0. The van der Waals surface area contributed by atoms with Crippen LogP contribution in [0.3, 0.4) is 0 Å². The fourth-order valence-corrected chi connectivity index (χ4v) is 11.7. The first-order valence-corrected chi connectivity index (χ1v) is 12.5. The van der Waals surface area contributed by atoms with Crippen molar-refractivity contribution < 1.29 is 20.6 Å². The molecule has 0 unspecified atom stereocenters. The van der Waals surface area contributed by atoms with E-state index in [-0.39, 0.29) is 4.40 Å². The molecular weight excluding hydrogens is 441 g/mol. The molecule has 4 rings (SSSR count). The Hall–Kier alpha value is -2.10. The second-order valence-electron chi connectivity index (χ2n) is 5.26. The van der Waals surface area contributed by atoms with Gasteiger partial charge < -0.3 is 0 Å². The SMILES string of the molecule is [2H]c1c([2H])c([2H])[c]([Ge]([c]2cccc(Br)c2)([c]2c([2H])c([2H])c([2H])c([2H])c2[2H])[c]2c([2H])c([2H])c([2H])c([2H])c2[2H])c([2H])c1[2H]. The summed E-state index contributed by atoms with van der Waals surface area (Å²) in [7, 11) is 0. The molecule has 0 aromatic heterocycles. The Morgan fingerprint density at radius 3 is 1.38 bits per heavy atom. The van der Waals surface area contributed by atoms with E-state index in [0.29, 0.717) is 4.47 Å². The normalized spacial score (nSPS) is 19.3. The average Bonchev–Trinajstić information content (AvgIpc) is 2.94. The van der Waals surface area contributed by atoms with E-state index < -0.39 is 117 Å². The Balaban J connectivity index is 2.57. The van der Waals surface area contributed by atoms with Gasteiger partial charge in [-0.15, -0.1) is 0 Å². The molecule has 2 heteroatoms. The molecule has 0 bridgehead atoms. The monoisotopic (exact) mass is 475 g/mol. The predicted octanol–water partition coefficient (Wildman–Crippen LogP) is 3.83. The zero-order chi connectivity index (χ0) is 30.9. The van der Waals surface area contributed by atoms with Crippen LogP contribution in [0.15, 0.2) is 119 Å². The summed E-state index contributed by atoms with van der Waals surface area (Å²) in [4.78, 5) is 0. The number of hydrogen-bond donors (Lipinski definition) is 0. The first-order chi connectivity index (χ1) is 19.0. The first kappa shape index (κ1) is 7.14. The van der Waals surface area contributed by atoms with E-state index in [1.807, 2.05) is 0 Å². The molecule has 0 heterocycles. The van der Waals surface area contributed by atoms with E-state index in [0.717, 1.165) is 0 Å². The van der Waals surface area contributed by atoms with Crippen LogP contribution < -0.4 is 17.6 Å². The van der Waals surface area contributed by atoms with Gasteiger partial charge in [0.1, 0.15) is 0 Å². The van der Waals surface area contributed by atoms with Crippen LogP contribution in [0.25, 0.3) is 0 Å². The average molecular weight is 475 g/mol. The van der Waals surface area contributed by atoms with Crippen LogP contribution in [0.2, 0.25) is 0 Å². The summed E-state index contributed by atoms with van der Waals surface area (Å²) >= 11 is -2.47. The van der Waals surface area contributed by atoms with Crippen molar-refractivity contribution >= 4 is 46.8 Å². The third-order valence-corrected chi connectivity index (χ3v) is 13.1. The van der Waals surface area contributed by atoms with Crippen molar-refractivity contribution in [3.05, 3.63) is 119 Å². The van der Waals surface area contributed by atoms with Crippen LogP contribution in [0, 0.1) is 0 Å². The molecule has 0 saturated heterocycles. The molecule has 0 amide bonds. The summed E-state index contributed by atoms with van der Waals surface area (Å²) in [5, 5.41) is 0. The van der Waals surface area contributed by atoms with Crippen molar-refractivity contribution in [3.63, 3.8) is 0 Å². The molecule has 4 aromatic carbocycles. The summed E-state index contributed by atoms with van der Waals surface area (Å²) in [6, 6.07) is -5.57. The van der Waals surface area contributed by atoms with Gasteiger partial charge in [0.15, 0.2) is 0 Å². The number of rotatable bonds is 4. The molecule has 26 heavy (non-hydrogen) atoms. The molecule has 0 saturated carbocycles. The van der Waals surface area contributed by atoms with Gasteiger partial charge in [-0.05, 0) is 0 Å². The molecule has 0 nitrogen and oxygen atoms in total. The molecule has 4 aromatic rings. The minimum atomic E-state index is -5.81. The molecular formula is C24H19BrGe. The molecule has 0 N–H and O–H groups in total. The maximum atomic E-state index is 8.93. The van der Waals surface area contributed by atoms with Crippen LogP contribution >= 0.6 is 15.9 Å². The Morgan fingerprint density at radius 1 is 0.577 bits per heavy atom. The van der Waals surface area contributed by atoms with E-state index in [1.54, 1.807) is 6.07 Å². The van der Waals surface area contributed by atoms with Gasteiger partial charge in [-0.3, -0.25) is 0 Å². The van der Waals surface area contributed by atoms with Gasteiger partial charge in [-0.1, -0.05) is 0 Å². The number of hydrogen-bond acceptors (Lipinski definition) is 0. The fourth-order valence-electron chi connectivity index (χ4n) is 2.84. The van der Waals surface area contributed by atoms with E-state index >= 15 is 0 Å². The van der Waals surface area contributed by atoms with Gasteiger partial charge in [0.05, 0.1) is 0 Å². The third-order valence-electron chi connectivity index (χ3n) is 3.88. The van der Waals surface area contributed by atoms with Crippen molar-refractivity contribution in [3.8, 4) is 0 Å². The zero-order valence-corrected chi connectivity index (χ0v) is 16.9. The maximum absolute atomic E-state index is 8.93. The summed E-state index contributed by atoms with van der Waals surface area (Å²) < 4.78 is 128. The summed E-state index contributed by atoms with van der Waals surface area (Å²) in [6.07, 6.45) is 0. The van der Waals surface area contributed by atoms with Gasteiger partial charge in [-0.2, -0.15) is 0 Å². The fraction of sp³-hybridized carbons (Fsp3) is 0. The van der Waals surface area contributed by atoms with Gasteiger partial charge >= 0.3 is 187 Å². The van der Waals surface area contributed by atoms with E-state index in [1.165, 1.54) is 18.2 Å². The van der Waals surface area contributed by atoms with Crippen LogP contribution in [0.1, 0.15) is 20.6 Å². The Bertz CT molecular complexity index is 1520. The van der Waals surface area contributed by atoms with Crippen molar-refractivity contribution in [2.75, 3.05) is 0 Å². The number of halogens is 1. The van der Waals surface area contributed by atoms with Crippen molar-refractivity contribution in [2.24, 2.45) is 0 Å². The molecule has 126 valence electrons. The summed E-state index contributed by atoms with van der Waals surface area (Å²) in [5.74, 6) is 0. The van der Waals surface area contributed by atoms with Gasteiger partial charge in [0, 0.05) is 0 Å². The topological polar surface area (TPSA) is 0 Å². The molecule has 0 aliphatic carbocycles. The van der Waals surface area contributed by atoms with Crippen LogP contribution in [-0.2, 0) is 0 Å². The quantitative estimate of drug-likeness (QED) is 0.394. The molecule has 0 atom stereocenters. The third kappa shape index (κ3) is 3.06. The Morgan fingerprint density at radius 2 is 1.00 bits per heavy atom. The van der Waals surface area contributed by atoms with Gasteiger partial charge in [0.25, 0.3) is 0 Å². The molecule has 0 radical (unpaired) electrons. The predicted molar refractivity (Wildman–Crippen MR) is 118 cm³/mol. The van der Waals surface area contributed by atoms with Gasteiger partial charge in [0.2, 0.25) is 0 Å².